The van der Waals surface area contributed by atoms with E-state index in [0.717, 1.165) is 44.6 Å². The van der Waals surface area contributed by atoms with Gasteiger partial charge in [0, 0.05) is 44.7 Å². The third-order valence-corrected chi connectivity index (χ3v) is 5.13. The van der Waals surface area contributed by atoms with Crippen LogP contribution in [-0.4, -0.2) is 43.5 Å². The molecular weight excluding hydrogens is 293 g/mol. The lowest BCUT2D eigenvalue weighted by Gasteiger charge is -2.32. The first-order valence-corrected chi connectivity index (χ1v) is 8.69. The maximum Gasteiger partial charge on any atom is 0.223 e. The van der Waals surface area contributed by atoms with Crippen LogP contribution in [0.2, 0.25) is 0 Å². The molecule has 0 radical (unpaired) electrons. The SMILES string of the molecule is O=C(CCNC1(c2ccc(F)cc2)CCCC1)N1CCNCC1. The summed E-state index contributed by atoms with van der Waals surface area (Å²) in [5.74, 6) is 0.0297. The molecule has 1 aromatic rings. The molecule has 1 aliphatic carbocycles. The van der Waals surface area contributed by atoms with Crippen molar-refractivity contribution in [3.63, 3.8) is 0 Å². The number of halogens is 1. The van der Waals surface area contributed by atoms with Crippen molar-refractivity contribution < 1.29 is 9.18 Å². The minimum absolute atomic E-state index is 0.0859. The summed E-state index contributed by atoms with van der Waals surface area (Å²) in [4.78, 5) is 14.2. The van der Waals surface area contributed by atoms with Gasteiger partial charge in [-0.1, -0.05) is 25.0 Å². The van der Waals surface area contributed by atoms with E-state index < -0.39 is 0 Å². The predicted octanol–water partition coefficient (Wildman–Crippen LogP) is 2.01. The first-order valence-electron chi connectivity index (χ1n) is 8.69. The molecular formula is C18H26FN3O. The zero-order valence-corrected chi connectivity index (χ0v) is 13.6. The second kappa shape index (κ2) is 7.41. The fourth-order valence-corrected chi connectivity index (χ4v) is 3.80. The summed E-state index contributed by atoms with van der Waals surface area (Å²) in [5.41, 5.74) is 1.06. The summed E-state index contributed by atoms with van der Waals surface area (Å²) in [6, 6.07) is 6.82. The van der Waals surface area contributed by atoms with E-state index in [0.29, 0.717) is 13.0 Å². The third-order valence-electron chi connectivity index (χ3n) is 5.13. The van der Waals surface area contributed by atoms with Crippen molar-refractivity contribution in [1.82, 2.24) is 15.5 Å². The third kappa shape index (κ3) is 3.90. The van der Waals surface area contributed by atoms with Crippen LogP contribution in [0.4, 0.5) is 4.39 Å². The molecule has 2 N–H and O–H groups in total. The van der Waals surface area contributed by atoms with E-state index in [2.05, 4.69) is 10.6 Å². The van der Waals surface area contributed by atoms with Crippen LogP contribution < -0.4 is 10.6 Å². The van der Waals surface area contributed by atoms with Crippen molar-refractivity contribution in [2.45, 2.75) is 37.6 Å². The zero-order chi connectivity index (χ0) is 16.1. The Hall–Kier alpha value is -1.46. The number of nitrogens with zero attached hydrogens (tertiary/aromatic N) is 1. The number of amides is 1. The molecule has 1 aromatic carbocycles. The van der Waals surface area contributed by atoms with Crippen molar-refractivity contribution in [2.24, 2.45) is 0 Å². The Bertz CT molecular complexity index is 520. The Morgan fingerprint density at radius 1 is 1.17 bits per heavy atom. The lowest BCUT2D eigenvalue weighted by atomic mass is 9.88. The minimum atomic E-state index is -0.198. The van der Waals surface area contributed by atoms with E-state index in [1.165, 1.54) is 25.0 Å². The summed E-state index contributed by atoms with van der Waals surface area (Å²) < 4.78 is 13.2. The topological polar surface area (TPSA) is 44.4 Å². The van der Waals surface area contributed by atoms with Gasteiger partial charge in [-0.05, 0) is 30.5 Å². The monoisotopic (exact) mass is 319 g/mol. The normalized spacial score (nSPS) is 20.7. The molecule has 0 atom stereocenters. The van der Waals surface area contributed by atoms with E-state index in [4.69, 9.17) is 0 Å². The summed E-state index contributed by atoms with van der Waals surface area (Å²) in [6.07, 6.45) is 5.00. The lowest BCUT2D eigenvalue weighted by molar-refractivity contribution is -0.131. The number of hydrogen-bond donors (Lipinski definition) is 2. The van der Waals surface area contributed by atoms with Crippen molar-refractivity contribution in [1.29, 1.82) is 0 Å². The summed E-state index contributed by atoms with van der Waals surface area (Å²) in [7, 11) is 0. The van der Waals surface area contributed by atoms with Crippen LogP contribution in [0.5, 0.6) is 0 Å². The summed E-state index contributed by atoms with van der Waals surface area (Å²) in [5, 5.41) is 6.88. The van der Waals surface area contributed by atoms with Gasteiger partial charge in [0.25, 0.3) is 0 Å². The molecule has 0 bridgehead atoms. The number of rotatable bonds is 5. The number of nitrogens with one attached hydrogen (secondary N) is 2. The van der Waals surface area contributed by atoms with E-state index >= 15 is 0 Å². The second-order valence-corrected chi connectivity index (χ2v) is 6.60. The predicted molar refractivity (Wildman–Crippen MR) is 88.6 cm³/mol. The molecule has 2 aliphatic rings. The highest BCUT2D eigenvalue weighted by Gasteiger charge is 2.35. The van der Waals surface area contributed by atoms with Gasteiger partial charge < -0.3 is 15.5 Å². The summed E-state index contributed by atoms with van der Waals surface area (Å²) in [6.45, 7) is 4.07. The molecule has 0 spiro atoms. The van der Waals surface area contributed by atoms with Crippen molar-refractivity contribution >= 4 is 5.91 Å². The van der Waals surface area contributed by atoms with Gasteiger partial charge in [-0.3, -0.25) is 4.79 Å². The average Bonchev–Trinajstić information content (AvgIpc) is 3.06. The van der Waals surface area contributed by atoms with E-state index in [1.54, 1.807) is 0 Å². The smallest absolute Gasteiger partial charge is 0.223 e. The molecule has 126 valence electrons. The van der Waals surface area contributed by atoms with Crippen LogP contribution in [-0.2, 0) is 10.3 Å². The highest BCUT2D eigenvalue weighted by Crippen LogP contribution is 2.38. The fourth-order valence-electron chi connectivity index (χ4n) is 3.80. The number of benzene rings is 1. The molecule has 1 heterocycles. The molecule has 2 fully saturated rings. The Morgan fingerprint density at radius 2 is 1.83 bits per heavy atom. The van der Waals surface area contributed by atoms with Crippen LogP contribution in [0.1, 0.15) is 37.7 Å². The van der Waals surface area contributed by atoms with Crippen molar-refractivity contribution in [2.75, 3.05) is 32.7 Å². The van der Waals surface area contributed by atoms with Gasteiger partial charge in [-0.15, -0.1) is 0 Å². The van der Waals surface area contributed by atoms with Gasteiger partial charge in [0.1, 0.15) is 5.82 Å². The zero-order valence-electron chi connectivity index (χ0n) is 13.6. The number of carbonyl (C=O) groups excluding carboxylic acids is 1. The van der Waals surface area contributed by atoms with Crippen LogP contribution >= 0.6 is 0 Å². The molecule has 3 rings (SSSR count). The van der Waals surface area contributed by atoms with Gasteiger partial charge in [-0.25, -0.2) is 4.39 Å². The van der Waals surface area contributed by atoms with Crippen LogP contribution in [0.3, 0.4) is 0 Å². The van der Waals surface area contributed by atoms with E-state index in [9.17, 15) is 9.18 Å². The molecule has 1 saturated heterocycles. The molecule has 23 heavy (non-hydrogen) atoms. The minimum Gasteiger partial charge on any atom is -0.340 e. The van der Waals surface area contributed by atoms with Gasteiger partial charge >= 0.3 is 0 Å². The Balaban J connectivity index is 1.57. The van der Waals surface area contributed by atoms with E-state index in [-0.39, 0.29) is 17.3 Å². The molecule has 0 aromatic heterocycles. The highest BCUT2D eigenvalue weighted by molar-refractivity contribution is 5.76. The summed E-state index contributed by atoms with van der Waals surface area (Å²) >= 11 is 0. The van der Waals surface area contributed by atoms with Gasteiger partial charge in [0.2, 0.25) is 5.91 Å². The fraction of sp³-hybridized carbons (Fsp3) is 0.611. The van der Waals surface area contributed by atoms with Crippen LogP contribution in [0.25, 0.3) is 0 Å². The second-order valence-electron chi connectivity index (χ2n) is 6.60. The number of hydrogen-bond acceptors (Lipinski definition) is 3. The quantitative estimate of drug-likeness (QED) is 0.872. The first-order chi connectivity index (χ1) is 11.2. The highest BCUT2D eigenvalue weighted by atomic mass is 19.1. The van der Waals surface area contributed by atoms with Crippen molar-refractivity contribution in [3.8, 4) is 0 Å². The maximum absolute atomic E-state index is 13.2. The first kappa shape index (κ1) is 16.4. The standard InChI is InChI=1S/C18H26FN3O/c19-16-5-3-15(4-6-16)18(8-1-2-9-18)21-10-7-17(23)22-13-11-20-12-14-22/h3-6,20-21H,1-2,7-14H2. The maximum atomic E-state index is 13.2. The average molecular weight is 319 g/mol. The Labute approximate surface area is 137 Å². The van der Waals surface area contributed by atoms with Crippen LogP contribution in [0, 0.1) is 5.82 Å². The van der Waals surface area contributed by atoms with Gasteiger partial charge in [0.15, 0.2) is 0 Å². The molecule has 1 amide bonds. The molecule has 1 aliphatic heterocycles. The van der Waals surface area contributed by atoms with Gasteiger partial charge in [-0.2, -0.15) is 0 Å². The van der Waals surface area contributed by atoms with Gasteiger partial charge in [0.05, 0.1) is 0 Å². The lowest BCUT2D eigenvalue weighted by Crippen LogP contribution is -2.48. The van der Waals surface area contributed by atoms with E-state index in [1.807, 2.05) is 17.0 Å². The Kier molecular flexibility index (Phi) is 5.28. The number of carbonyl (C=O) groups is 1. The molecule has 5 heteroatoms. The number of piperazine rings is 1. The Morgan fingerprint density at radius 3 is 2.48 bits per heavy atom. The molecule has 1 saturated carbocycles. The van der Waals surface area contributed by atoms with Crippen molar-refractivity contribution in [3.05, 3.63) is 35.6 Å². The largest absolute Gasteiger partial charge is 0.340 e. The molecule has 0 unspecified atom stereocenters. The van der Waals surface area contributed by atoms with Crippen LogP contribution in [0.15, 0.2) is 24.3 Å². The molecule has 4 nitrogen and oxygen atoms in total.